The van der Waals surface area contributed by atoms with Crippen LogP contribution in [-0.4, -0.2) is 19.0 Å². The summed E-state index contributed by atoms with van der Waals surface area (Å²) < 4.78 is 0. The summed E-state index contributed by atoms with van der Waals surface area (Å²) in [7, 11) is 0. The van der Waals surface area contributed by atoms with E-state index in [1.54, 1.807) is 0 Å². The molecule has 0 fully saturated rings. The number of rotatable bonds is 6. The molecule has 3 nitrogen and oxygen atoms in total. The molecule has 0 bridgehead atoms. The van der Waals surface area contributed by atoms with E-state index in [0.717, 1.165) is 6.42 Å². The molecule has 0 radical (unpaired) electrons. The number of amides is 1. The molecule has 0 aliphatic rings. The van der Waals surface area contributed by atoms with Crippen LogP contribution in [0.2, 0.25) is 0 Å². The zero-order chi connectivity index (χ0) is 14.5. The smallest absolute Gasteiger partial charge is 0.233 e. The van der Waals surface area contributed by atoms with Crippen molar-refractivity contribution in [2.24, 2.45) is 11.7 Å². The summed E-state index contributed by atoms with van der Waals surface area (Å²) in [4.78, 5) is 11.2. The standard InChI is InChI=1S/C16H26N2O/c1-12(2)9-13-5-7-14(8-6-13)16(3,4)11-18-15(19)10-17/h5-8,12H,9-11,17H2,1-4H3,(H,18,19). The van der Waals surface area contributed by atoms with Gasteiger partial charge in [0.2, 0.25) is 5.91 Å². The molecule has 1 aromatic rings. The minimum atomic E-state index is -0.107. The van der Waals surface area contributed by atoms with Gasteiger partial charge in [0.25, 0.3) is 0 Å². The van der Waals surface area contributed by atoms with Crippen LogP contribution in [0.1, 0.15) is 38.8 Å². The number of benzene rings is 1. The summed E-state index contributed by atoms with van der Waals surface area (Å²) in [6.45, 7) is 9.35. The normalized spacial score (nSPS) is 11.7. The number of nitrogens with two attached hydrogens (primary N) is 1. The van der Waals surface area contributed by atoms with Gasteiger partial charge in [-0.05, 0) is 23.5 Å². The Kier molecular flexibility index (Phi) is 5.55. The van der Waals surface area contributed by atoms with Crippen LogP contribution in [0.25, 0.3) is 0 Å². The lowest BCUT2D eigenvalue weighted by atomic mass is 9.84. The first-order chi connectivity index (χ1) is 8.85. The Hall–Kier alpha value is -1.35. The molecule has 3 N–H and O–H groups in total. The van der Waals surface area contributed by atoms with Crippen LogP contribution >= 0.6 is 0 Å². The van der Waals surface area contributed by atoms with E-state index in [2.05, 4.69) is 57.3 Å². The number of hydrogen-bond donors (Lipinski definition) is 2. The van der Waals surface area contributed by atoms with Crippen molar-refractivity contribution in [2.45, 2.75) is 39.5 Å². The predicted molar refractivity (Wildman–Crippen MR) is 80.1 cm³/mol. The van der Waals surface area contributed by atoms with Gasteiger partial charge in [-0.3, -0.25) is 4.79 Å². The highest BCUT2D eigenvalue weighted by atomic mass is 16.1. The van der Waals surface area contributed by atoms with Gasteiger partial charge in [0.1, 0.15) is 0 Å². The zero-order valence-corrected chi connectivity index (χ0v) is 12.5. The molecular weight excluding hydrogens is 236 g/mol. The summed E-state index contributed by atoms with van der Waals surface area (Å²) >= 11 is 0. The summed E-state index contributed by atoms with van der Waals surface area (Å²) in [5.74, 6) is 0.562. The number of carbonyl (C=O) groups is 1. The van der Waals surface area contributed by atoms with Crippen LogP contribution < -0.4 is 11.1 Å². The van der Waals surface area contributed by atoms with Crippen molar-refractivity contribution in [3.8, 4) is 0 Å². The Bertz CT molecular complexity index is 407. The Morgan fingerprint density at radius 3 is 2.32 bits per heavy atom. The quantitative estimate of drug-likeness (QED) is 0.826. The van der Waals surface area contributed by atoms with Gasteiger partial charge in [0.05, 0.1) is 6.54 Å². The van der Waals surface area contributed by atoms with Gasteiger partial charge in [0, 0.05) is 12.0 Å². The first-order valence-electron chi connectivity index (χ1n) is 6.91. The van der Waals surface area contributed by atoms with Gasteiger partial charge in [-0.1, -0.05) is 52.0 Å². The van der Waals surface area contributed by atoms with Crippen LogP contribution in [0.5, 0.6) is 0 Å². The van der Waals surface area contributed by atoms with Crippen LogP contribution in [0.3, 0.4) is 0 Å². The van der Waals surface area contributed by atoms with Gasteiger partial charge in [-0.25, -0.2) is 0 Å². The highest BCUT2D eigenvalue weighted by molar-refractivity contribution is 5.77. The van der Waals surface area contributed by atoms with Crippen molar-refractivity contribution in [2.75, 3.05) is 13.1 Å². The van der Waals surface area contributed by atoms with Crippen LogP contribution in [0, 0.1) is 5.92 Å². The van der Waals surface area contributed by atoms with Gasteiger partial charge in [-0.2, -0.15) is 0 Å². The van der Waals surface area contributed by atoms with Crippen molar-refractivity contribution >= 4 is 5.91 Å². The fourth-order valence-electron chi connectivity index (χ4n) is 2.06. The van der Waals surface area contributed by atoms with Crippen LogP contribution in [-0.2, 0) is 16.6 Å². The Balaban J connectivity index is 2.70. The molecule has 0 saturated carbocycles. The second kappa shape index (κ2) is 6.71. The maximum absolute atomic E-state index is 11.2. The maximum Gasteiger partial charge on any atom is 0.233 e. The van der Waals surface area contributed by atoms with Crippen LogP contribution in [0.15, 0.2) is 24.3 Å². The van der Waals surface area contributed by atoms with Gasteiger partial charge in [-0.15, -0.1) is 0 Å². The summed E-state index contributed by atoms with van der Waals surface area (Å²) in [6, 6.07) is 8.68. The third-order valence-electron chi connectivity index (χ3n) is 3.29. The van der Waals surface area contributed by atoms with Crippen molar-refractivity contribution < 1.29 is 4.79 Å². The van der Waals surface area contributed by atoms with E-state index < -0.39 is 0 Å². The molecule has 0 aromatic heterocycles. The molecule has 0 spiro atoms. The first-order valence-corrected chi connectivity index (χ1v) is 6.91. The minimum absolute atomic E-state index is 0.0450. The fraction of sp³-hybridized carbons (Fsp3) is 0.562. The number of carbonyl (C=O) groups excluding carboxylic acids is 1. The van der Waals surface area contributed by atoms with Gasteiger partial charge in [0.15, 0.2) is 0 Å². The molecule has 106 valence electrons. The molecule has 0 unspecified atom stereocenters. The van der Waals surface area contributed by atoms with E-state index in [1.807, 2.05) is 0 Å². The second-order valence-electron chi connectivity index (χ2n) is 6.16. The van der Waals surface area contributed by atoms with Gasteiger partial charge < -0.3 is 11.1 Å². The molecule has 1 amide bonds. The highest BCUT2D eigenvalue weighted by Crippen LogP contribution is 2.23. The molecule has 1 aromatic carbocycles. The topological polar surface area (TPSA) is 55.1 Å². The SMILES string of the molecule is CC(C)Cc1ccc(C(C)(C)CNC(=O)CN)cc1. The third-order valence-corrected chi connectivity index (χ3v) is 3.29. The molecule has 0 heterocycles. The molecule has 19 heavy (non-hydrogen) atoms. The van der Waals surface area contributed by atoms with Crippen molar-refractivity contribution in [1.29, 1.82) is 0 Å². The van der Waals surface area contributed by atoms with E-state index in [1.165, 1.54) is 11.1 Å². The molecule has 0 saturated heterocycles. The van der Waals surface area contributed by atoms with E-state index >= 15 is 0 Å². The largest absolute Gasteiger partial charge is 0.354 e. The molecule has 3 heteroatoms. The summed E-state index contributed by atoms with van der Waals surface area (Å²) in [6.07, 6.45) is 1.10. The lowest BCUT2D eigenvalue weighted by molar-refractivity contribution is -0.119. The Labute approximate surface area is 116 Å². The fourth-order valence-corrected chi connectivity index (χ4v) is 2.06. The molecule has 1 rings (SSSR count). The highest BCUT2D eigenvalue weighted by Gasteiger charge is 2.21. The average molecular weight is 262 g/mol. The average Bonchev–Trinajstić information content (AvgIpc) is 2.36. The Morgan fingerprint density at radius 1 is 1.26 bits per heavy atom. The van der Waals surface area contributed by atoms with Crippen molar-refractivity contribution in [3.05, 3.63) is 35.4 Å². The first kappa shape index (κ1) is 15.7. The second-order valence-corrected chi connectivity index (χ2v) is 6.16. The molecule has 0 atom stereocenters. The van der Waals surface area contributed by atoms with E-state index in [0.29, 0.717) is 12.5 Å². The summed E-state index contributed by atoms with van der Waals surface area (Å²) in [5.41, 5.74) is 7.81. The molecule has 0 aliphatic carbocycles. The lowest BCUT2D eigenvalue weighted by Crippen LogP contribution is -2.39. The zero-order valence-electron chi connectivity index (χ0n) is 12.5. The van der Waals surface area contributed by atoms with Crippen molar-refractivity contribution in [1.82, 2.24) is 5.32 Å². The number of nitrogens with one attached hydrogen (secondary N) is 1. The van der Waals surface area contributed by atoms with Crippen molar-refractivity contribution in [3.63, 3.8) is 0 Å². The summed E-state index contributed by atoms with van der Waals surface area (Å²) in [5, 5.41) is 2.85. The van der Waals surface area contributed by atoms with Crippen LogP contribution in [0.4, 0.5) is 0 Å². The monoisotopic (exact) mass is 262 g/mol. The Morgan fingerprint density at radius 2 is 1.84 bits per heavy atom. The number of hydrogen-bond acceptors (Lipinski definition) is 2. The van der Waals surface area contributed by atoms with E-state index in [4.69, 9.17) is 5.73 Å². The van der Waals surface area contributed by atoms with E-state index in [-0.39, 0.29) is 17.9 Å². The van der Waals surface area contributed by atoms with E-state index in [9.17, 15) is 4.79 Å². The van der Waals surface area contributed by atoms with Gasteiger partial charge >= 0.3 is 0 Å². The molecule has 0 aliphatic heterocycles. The third kappa shape index (κ3) is 5.03. The lowest BCUT2D eigenvalue weighted by Gasteiger charge is -2.26. The predicted octanol–water partition coefficient (Wildman–Crippen LogP) is 2.24. The maximum atomic E-state index is 11.2. The molecular formula is C16H26N2O. The minimum Gasteiger partial charge on any atom is -0.354 e.